The maximum absolute atomic E-state index is 8.43. The molecule has 0 spiro atoms. The maximum atomic E-state index is 8.43. The van der Waals surface area contributed by atoms with Crippen LogP contribution in [0.5, 0.6) is 0 Å². The standard InChI is InChI=1S/C11H20N2/c1-10-6-3-2-4-7-11(10)13-9-5-8-12/h10-11,13H,2-7,9H2,1H3. The Morgan fingerprint density at radius 1 is 1.31 bits per heavy atom. The van der Waals surface area contributed by atoms with Crippen LogP contribution in [0.1, 0.15) is 45.4 Å². The van der Waals surface area contributed by atoms with Gasteiger partial charge in [-0.3, -0.25) is 0 Å². The van der Waals surface area contributed by atoms with Crippen molar-refractivity contribution in [1.82, 2.24) is 5.32 Å². The molecule has 1 aliphatic rings. The molecule has 0 amide bonds. The summed E-state index contributed by atoms with van der Waals surface area (Å²) >= 11 is 0. The van der Waals surface area contributed by atoms with Gasteiger partial charge in [0.25, 0.3) is 0 Å². The van der Waals surface area contributed by atoms with E-state index in [4.69, 9.17) is 5.26 Å². The molecule has 0 bridgehead atoms. The highest BCUT2D eigenvalue weighted by Gasteiger charge is 2.18. The first kappa shape index (κ1) is 10.5. The fourth-order valence-corrected chi connectivity index (χ4v) is 2.11. The predicted molar refractivity (Wildman–Crippen MR) is 54.3 cm³/mol. The van der Waals surface area contributed by atoms with Gasteiger partial charge in [0.05, 0.1) is 6.07 Å². The van der Waals surface area contributed by atoms with E-state index in [0.717, 1.165) is 12.5 Å². The number of hydrogen-bond acceptors (Lipinski definition) is 2. The molecule has 1 fully saturated rings. The molecule has 0 saturated heterocycles. The quantitative estimate of drug-likeness (QED) is 0.535. The van der Waals surface area contributed by atoms with Gasteiger partial charge in [-0.2, -0.15) is 5.26 Å². The largest absolute Gasteiger partial charge is 0.313 e. The van der Waals surface area contributed by atoms with Gasteiger partial charge in [0.2, 0.25) is 0 Å². The Morgan fingerprint density at radius 3 is 2.85 bits per heavy atom. The van der Waals surface area contributed by atoms with E-state index in [1.54, 1.807) is 0 Å². The molecule has 0 aromatic heterocycles. The van der Waals surface area contributed by atoms with Crippen molar-refractivity contribution in [3.63, 3.8) is 0 Å². The maximum Gasteiger partial charge on any atom is 0.0635 e. The van der Waals surface area contributed by atoms with Crippen LogP contribution in [0.2, 0.25) is 0 Å². The van der Waals surface area contributed by atoms with E-state index in [2.05, 4.69) is 18.3 Å². The molecule has 1 saturated carbocycles. The van der Waals surface area contributed by atoms with Gasteiger partial charge in [-0.05, 0) is 18.8 Å². The molecule has 2 atom stereocenters. The first-order valence-corrected chi connectivity index (χ1v) is 5.45. The Kier molecular flexibility index (Phi) is 4.85. The summed E-state index contributed by atoms with van der Waals surface area (Å²) in [5.74, 6) is 0.793. The third-order valence-corrected chi connectivity index (χ3v) is 3.00. The van der Waals surface area contributed by atoms with Gasteiger partial charge in [-0.25, -0.2) is 0 Å². The van der Waals surface area contributed by atoms with E-state index in [-0.39, 0.29) is 0 Å². The molecular weight excluding hydrogens is 160 g/mol. The summed E-state index contributed by atoms with van der Waals surface area (Å²) < 4.78 is 0. The zero-order chi connectivity index (χ0) is 9.52. The smallest absolute Gasteiger partial charge is 0.0635 e. The molecule has 1 rings (SSSR count). The number of nitrogens with one attached hydrogen (secondary N) is 1. The van der Waals surface area contributed by atoms with E-state index < -0.39 is 0 Å². The molecule has 0 aromatic carbocycles. The third kappa shape index (κ3) is 3.78. The zero-order valence-corrected chi connectivity index (χ0v) is 8.55. The lowest BCUT2D eigenvalue weighted by Gasteiger charge is -2.22. The average Bonchev–Trinajstić information content (AvgIpc) is 2.32. The van der Waals surface area contributed by atoms with Gasteiger partial charge >= 0.3 is 0 Å². The van der Waals surface area contributed by atoms with E-state index in [1.165, 1.54) is 32.1 Å². The Hall–Kier alpha value is -0.550. The summed E-state index contributed by atoms with van der Waals surface area (Å²) in [6.07, 6.45) is 7.42. The molecule has 1 aliphatic carbocycles. The Bertz CT molecular complexity index is 171. The lowest BCUT2D eigenvalue weighted by atomic mass is 9.97. The van der Waals surface area contributed by atoms with Crippen molar-refractivity contribution in [3.8, 4) is 6.07 Å². The van der Waals surface area contributed by atoms with Crippen LogP contribution in [-0.2, 0) is 0 Å². The molecule has 2 nitrogen and oxygen atoms in total. The molecule has 2 unspecified atom stereocenters. The van der Waals surface area contributed by atoms with Gasteiger partial charge in [-0.15, -0.1) is 0 Å². The SMILES string of the molecule is CC1CCCCCC1NCCC#N. The summed E-state index contributed by atoms with van der Waals surface area (Å²) in [4.78, 5) is 0. The molecule has 0 aliphatic heterocycles. The van der Waals surface area contributed by atoms with Crippen LogP contribution in [0.15, 0.2) is 0 Å². The fourth-order valence-electron chi connectivity index (χ4n) is 2.11. The zero-order valence-electron chi connectivity index (χ0n) is 8.55. The fraction of sp³-hybridized carbons (Fsp3) is 0.909. The van der Waals surface area contributed by atoms with Crippen LogP contribution in [0.3, 0.4) is 0 Å². The van der Waals surface area contributed by atoms with Crippen molar-refractivity contribution in [2.75, 3.05) is 6.54 Å². The highest BCUT2D eigenvalue weighted by molar-refractivity contribution is 4.79. The molecule has 13 heavy (non-hydrogen) atoms. The molecule has 0 radical (unpaired) electrons. The summed E-state index contributed by atoms with van der Waals surface area (Å²) in [7, 11) is 0. The van der Waals surface area contributed by atoms with Crippen molar-refractivity contribution in [3.05, 3.63) is 0 Å². The van der Waals surface area contributed by atoms with Gasteiger partial charge in [-0.1, -0.05) is 26.2 Å². The van der Waals surface area contributed by atoms with Gasteiger partial charge < -0.3 is 5.32 Å². The minimum Gasteiger partial charge on any atom is -0.313 e. The molecule has 0 heterocycles. The van der Waals surface area contributed by atoms with E-state index >= 15 is 0 Å². The normalized spacial score (nSPS) is 29.2. The van der Waals surface area contributed by atoms with Crippen LogP contribution in [0.25, 0.3) is 0 Å². The van der Waals surface area contributed by atoms with Gasteiger partial charge in [0, 0.05) is 19.0 Å². The van der Waals surface area contributed by atoms with Crippen molar-refractivity contribution >= 4 is 0 Å². The second kappa shape index (κ2) is 5.99. The number of hydrogen-bond donors (Lipinski definition) is 1. The van der Waals surface area contributed by atoms with Crippen molar-refractivity contribution in [1.29, 1.82) is 5.26 Å². The summed E-state index contributed by atoms with van der Waals surface area (Å²) in [5, 5.41) is 11.9. The first-order chi connectivity index (χ1) is 6.34. The molecular formula is C11H20N2. The minimum atomic E-state index is 0.642. The lowest BCUT2D eigenvalue weighted by Crippen LogP contribution is -2.34. The first-order valence-electron chi connectivity index (χ1n) is 5.45. The molecule has 0 aromatic rings. The average molecular weight is 180 g/mol. The minimum absolute atomic E-state index is 0.642. The van der Waals surface area contributed by atoms with Gasteiger partial charge in [0.15, 0.2) is 0 Å². The van der Waals surface area contributed by atoms with E-state index in [1.807, 2.05) is 0 Å². The Labute approximate surface area is 81.3 Å². The predicted octanol–water partition coefficient (Wildman–Crippen LogP) is 2.46. The topological polar surface area (TPSA) is 35.8 Å². The Balaban J connectivity index is 2.24. The van der Waals surface area contributed by atoms with Crippen LogP contribution >= 0.6 is 0 Å². The van der Waals surface area contributed by atoms with Gasteiger partial charge in [0.1, 0.15) is 0 Å². The highest BCUT2D eigenvalue weighted by atomic mass is 14.9. The Morgan fingerprint density at radius 2 is 2.08 bits per heavy atom. The van der Waals surface area contributed by atoms with Crippen LogP contribution in [0.4, 0.5) is 0 Å². The number of rotatable bonds is 3. The summed E-state index contributed by atoms with van der Waals surface area (Å²) in [5.41, 5.74) is 0. The molecule has 2 heteroatoms. The van der Waals surface area contributed by atoms with Crippen LogP contribution in [0, 0.1) is 17.2 Å². The highest BCUT2D eigenvalue weighted by Crippen LogP contribution is 2.22. The number of nitriles is 1. The van der Waals surface area contributed by atoms with Crippen molar-refractivity contribution in [2.45, 2.75) is 51.5 Å². The second-order valence-electron chi connectivity index (χ2n) is 4.08. The van der Waals surface area contributed by atoms with Crippen LogP contribution < -0.4 is 5.32 Å². The summed E-state index contributed by atoms with van der Waals surface area (Å²) in [6, 6.07) is 2.84. The van der Waals surface area contributed by atoms with E-state index in [0.29, 0.717) is 12.5 Å². The van der Waals surface area contributed by atoms with Crippen molar-refractivity contribution < 1.29 is 0 Å². The molecule has 74 valence electrons. The lowest BCUT2D eigenvalue weighted by molar-refractivity contribution is 0.361. The van der Waals surface area contributed by atoms with E-state index in [9.17, 15) is 0 Å². The molecule has 1 N–H and O–H groups in total. The number of nitrogens with zero attached hydrogens (tertiary/aromatic N) is 1. The van der Waals surface area contributed by atoms with Crippen LogP contribution in [-0.4, -0.2) is 12.6 Å². The third-order valence-electron chi connectivity index (χ3n) is 3.00. The second-order valence-corrected chi connectivity index (χ2v) is 4.08. The summed E-state index contributed by atoms with van der Waals surface area (Å²) in [6.45, 7) is 3.20. The monoisotopic (exact) mass is 180 g/mol. The van der Waals surface area contributed by atoms with Crippen molar-refractivity contribution in [2.24, 2.45) is 5.92 Å².